The first-order valence-electron chi connectivity index (χ1n) is 3.17. The Bertz CT molecular complexity index is 237. The van der Waals surface area contributed by atoms with Gasteiger partial charge in [0.1, 0.15) is 0 Å². The van der Waals surface area contributed by atoms with Gasteiger partial charge < -0.3 is 47.8 Å². The van der Waals surface area contributed by atoms with E-state index in [0.717, 1.165) is 0 Å². The summed E-state index contributed by atoms with van der Waals surface area (Å²) >= 11 is 0. The van der Waals surface area contributed by atoms with E-state index >= 15 is 0 Å². The molecule has 12 nitrogen and oxygen atoms in total. The molecule has 14 N–H and O–H groups in total. The fraction of sp³-hybridized carbons (Fsp3) is 0.500. The highest BCUT2D eigenvalue weighted by atomic mass is 24.3. The van der Waals surface area contributed by atoms with Crippen LogP contribution < -0.4 is 0 Å². The van der Waals surface area contributed by atoms with Crippen LogP contribution >= 0.6 is 0 Å². The second-order valence-electron chi connectivity index (χ2n) is 2.48. The zero-order valence-corrected chi connectivity index (χ0v) is 8.93. The summed E-state index contributed by atoms with van der Waals surface area (Å²) in [6, 6.07) is 0. The first-order valence-corrected chi connectivity index (χ1v) is 3.17. The number of aliphatic carboxylic acids is 3. The Labute approximate surface area is 122 Å². The molecule has 0 atom stereocenters. The number of rotatable bonds is 5. The van der Waals surface area contributed by atoms with Crippen molar-refractivity contribution in [3.05, 3.63) is 0 Å². The van der Waals surface area contributed by atoms with Crippen LogP contribution in [-0.4, -0.2) is 94.4 Å². The second kappa shape index (κ2) is 16.9. The molecule has 0 aliphatic carbocycles. The SMILES string of the molecule is O.O.O.O.O.O=C(O)CC(O)(CC(=O)O)C(=O)O.[MgH2]. The highest BCUT2D eigenvalue weighted by molar-refractivity contribution is 5.88. The van der Waals surface area contributed by atoms with Crippen molar-refractivity contribution < 1.29 is 62.2 Å². The molecule has 118 valence electrons. The molecule has 0 aromatic carbocycles. The third kappa shape index (κ3) is 16.9. The molecular formula is C6H20MgO12. The van der Waals surface area contributed by atoms with Crippen LogP contribution in [0.25, 0.3) is 0 Å². The predicted octanol–water partition coefficient (Wildman–Crippen LogP) is -6.29. The lowest BCUT2D eigenvalue weighted by atomic mass is 9.96. The molecule has 0 saturated carbocycles. The average Bonchev–Trinajstić information content (AvgIpc) is 1.82. The predicted molar refractivity (Wildman–Crippen MR) is 63.7 cm³/mol. The van der Waals surface area contributed by atoms with Crippen LogP contribution in [0.3, 0.4) is 0 Å². The molecule has 19 heavy (non-hydrogen) atoms. The van der Waals surface area contributed by atoms with E-state index in [0.29, 0.717) is 0 Å². The number of aliphatic hydroxyl groups is 1. The largest absolute Gasteiger partial charge is 0.481 e. The van der Waals surface area contributed by atoms with Crippen molar-refractivity contribution in [2.75, 3.05) is 0 Å². The third-order valence-electron chi connectivity index (χ3n) is 1.29. The number of hydrogen-bond acceptors (Lipinski definition) is 4. The fourth-order valence-electron chi connectivity index (χ4n) is 0.714. The maximum Gasteiger partial charge on any atom is 0.336 e. The van der Waals surface area contributed by atoms with Gasteiger partial charge in [0.25, 0.3) is 0 Å². The van der Waals surface area contributed by atoms with Crippen LogP contribution in [0.2, 0.25) is 0 Å². The third-order valence-corrected chi connectivity index (χ3v) is 1.29. The lowest BCUT2D eigenvalue weighted by Crippen LogP contribution is -2.42. The lowest BCUT2D eigenvalue weighted by molar-refractivity contribution is -0.170. The molecule has 0 unspecified atom stereocenters. The summed E-state index contributed by atoms with van der Waals surface area (Å²) in [5.41, 5.74) is -2.74. The summed E-state index contributed by atoms with van der Waals surface area (Å²) in [5, 5.41) is 33.8. The topological polar surface area (TPSA) is 290 Å². The summed E-state index contributed by atoms with van der Waals surface area (Å²) in [7, 11) is 0. The van der Waals surface area contributed by atoms with E-state index in [1.807, 2.05) is 0 Å². The molecule has 0 rings (SSSR count). The van der Waals surface area contributed by atoms with Crippen LogP contribution in [0.5, 0.6) is 0 Å². The van der Waals surface area contributed by atoms with Crippen LogP contribution in [0.1, 0.15) is 12.8 Å². The van der Waals surface area contributed by atoms with Gasteiger partial charge in [0.2, 0.25) is 0 Å². The number of carboxylic acids is 3. The van der Waals surface area contributed by atoms with Crippen molar-refractivity contribution in [1.29, 1.82) is 0 Å². The van der Waals surface area contributed by atoms with E-state index in [1.54, 1.807) is 0 Å². The van der Waals surface area contributed by atoms with Gasteiger partial charge in [0.05, 0.1) is 12.8 Å². The van der Waals surface area contributed by atoms with Crippen molar-refractivity contribution in [2.45, 2.75) is 18.4 Å². The molecular weight excluding hydrogens is 288 g/mol. The van der Waals surface area contributed by atoms with Crippen molar-refractivity contribution in [3.63, 3.8) is 0 Å². The first kappa shape index (κ1) is 43.0. The van der Waals surface area contributed by atoms with Crippen molar-refractivity contribution in [2.24, 2.45) is 0 Å². The smallest absolute Gasteiger partial charge is 0.336 e. The Kier molecular flexibility index (Phi) is 38.3. The van der Waals surface area contributed by atoms with E-state index in [-0.39, 0.29) is 50.4 Å². The van der Waals surface area contributed by atoms with Gasteiger partial charge in [-0.05, 0) is 0 Å². The van der Waals surface area contributed by atoms with Crippen LogP contribution in [0, 0.1) is 0 Å². The van der Waals surface area contributed by atoms with Crippen LogP contribution in [-0.2, 0) is 14.4 Å². The molecule has 0 radical (unpaired) electrons. The Morgan fingerprint density at radius 2 is 0.947 bits per heavy atom. The zero-order chi connectivity index (χ0) is 10.6. The van der Waals surface area contributed by atoms with E-state index in [4.69, 9.17) is 20.4 Å². The quantitative estimate of drug-likeness (QED) is 0.355. The summed E-state index contributed by atoms with van der Waals surface area (Å²) < 4.78 is 0. The molecule has 0 fully saturated rings. The molecule has 0 heterocycles. The standard InChI is InChI=1S/C6H8O7.Mg.5H2O.2H/c7-3(8)1-6(13,5(11)12)2-4(9)10;;;;;;;;/h13H,1-2H2,(H,7,8)(H,9,10)(H,11,12);;5*1H2;;. The summed E-state index contributed by atoms with van der Waals surface area (Å²) in [6.45, 7) is 0. The Morgan fingerprint density at radius 1 is 0.737 bits per heavy atom. The van der Waals surface area contributed by atoms with E-state index in [9.17, 15) is 14.4 Å². The molecule has 0 aliphatic heterocycles. The van der Waals surface area contributed by atoms with Gasteiger partial charge in [-0.1, -0.05) is 0 Å². The maximum atomic E-state index is 10.3. The molecule has 13 heteroatoms. The molecule has 0 spiro atoms. The Balaban J connectivity index is -0.0000000480. The fourth-order valence-corrected chi connectivity index (χ4v) is 0.714. The van der Waals surface area contributed by atoms with Gasteiger partial charge in [0.15, 0.2) is 5.60 Å². The van der Waals surface area contributed by atoms with Gasteiger partial charge in [-0.15, -0.1) is 0 Å². The lowest BCUT2D eigenvalue weighted by Gasteiger charge is -2.18. The molecule has 0 amide bonds. The van der Waals surface area contributed by atoms with Gasteiger partial charge in [0, 0.05) is 0 Å². The summed E-state index contributed by atoms with van der Waals surface area (Å²) in [5.74, 6) is -5.02. The Morgan fingerprint density at radius 3 is 1.05 bits per heavy atom. The molecule has 0 aliphatic rings. The van der Waals surface area contributed by atoms with Gasteiger partial charge in [-0.25, -0.2) is 4.79 Å². The molecule has 0 saturated heterocycles. The molecule has 0 bridgehead atoms. The van der Waals surface area contributed by atoms with Gasteiger partial charge in [-0.2, -0.15) is 0 Å². The van der Waals surface area contributed by atoms with Crippen molar-refractivity contribution in [3.8, 4) is 0 Å². The Hall–Kier alpha value is -1.06. The van der Waals surface area contributed by atoms with Crippen LogP contribution in [0.4, 0.5) is 0 Å². The van der Waals surface area contributed by atoms with Crippen molar-refractivity contribution in [1.82, 2.24) is 0 Å². The monoisotopic (exact) mass is 308 g/mol. The van der Waals surface area contributed by atoms with Crippen LogP contribution in [0.15, 0.2) is 0 Å². The maximum absolute atomic E-state index is 10.3. The highest BCUT2D eigenvalue weighted by Gasteiger charge is 2.40. The molecule has 0 aromatic heterocycles. The van der Waals surface area contributed by atoms with Gasteiger partial charge in [-0.3, -0.25) is 9.59 Å². The minimum absolute atomic E-state index is 0. The summed E-state index contributed by atoms with van der Waals surface area (Å²) in [4.78, 5) is 30.5. The first-order chi connectivity index (χ1) is 5.78. The normalized spacial score (nSPS) is 7.42. The number of carboxylic acid groups (broad SMARTS) is 3. The van der Waals surface area contributed by atoms with E-state index in [1.165, 1.54) is 0 Å². The molecule has 0 aromatic rings. The van der Waals surface area contributed by atoms with E-state index < -0.39 is 36.4 Å². The number of carbonyl (C=O) groups is 3. The minimum Gasteiger partial charge on any atom is -0.481 e. The van der Waals surface area contributed by atoms with E-state index in [2.05, 4.69) is 0 Å². The zero-order valence-electron chi connectivity index (χ0n) is 8.93. The average molecular weight is 309 g/mol. The number of hydrogen-bond donors (Lipinski definition) is 4. The minimum atomic E-state index is -2.74. The van der Waals surface area contributed by atoms with Crippen molar-refractivity contribution >= 4 is 41.0 Å². The highest BCUT2D eigenvalue weighted by Crippen LogP contribution is 2.15. The van der Waals surface area contributed by atoms with Gasteiger partial charge >= 0.3 is 41.0 Å². The second-order valence-corrected chi connectivity index (χ2v) is 2.48. The summed E-state index contributed by atoms with van der Waals surface area (Å²) in [6.07, 6.45) is -2.29.